The van der Waals surface area contributed by atoms with Crippen LogP contribution in [0.15, 0.2) is 23.1 Å². The van der Waals surface area contributed by atoms with Gasteiger partial charge in [0.05, 0.1) is 11.3 Å². The number of benzene rings is 1. The molecule has 0 bridgehead atoms. The van der Waals surface area contributed by atoms with Crippen molar-refractivity contribution in [2.24, 2.45) is 0 Å². The third-order valence-electron chi connectivity index (χ3n) is 2.65. The standard InChI is InChI=1S/C13H20N2O5S/c1-2-7-20-8-3-6-15-21(18,19)12-5-4-10(13(16)17)9-11(12)14/h4-5,9,15H,2-3,6-8,14H2,1H3,(H,16,17). The van der Waals surface area contributed by atoms with Gasteiger partial charge in [-0.15, -0.1) is 0 Å². The van der Waals surface area contributed by atoms with Gasteiger partial charge in [0.15, 0.2) is 0 Å². The summed E-state index contributed by atoms with van der Waals surface area (Å²) in [5.41, 5.74) is 5.46. The number of anilines is 1. The zero-order chi connectivity index (χ0) is 15.9. The predicted octanol–water partition coefficient (Wildman–Crippen LogP) is 1.06. The van der Waals surface area contributed by atoms with Gasteiger partial charge < -0.3 is 15.6 Å². The predicted molar refractivity (Wildman–Crippen MR) is 78.7 cm³/mol. The van der Waals surface area contributed by atoms with Gasteiger partial charge in [0.1, 0.15) is 4.90 Å². The van der Waals surface area contributed by atoms with Crippen molar-refractivity contribution in [3.05, 3.63) is 23.8 Å². The molecule has 0 amide bonds. The molecule has 118 valence electrons. The normalized spacial score (nSPS) is 11.5. The van der Waals surface area contributed by atoms with Gasteiger partial charge in [0.2, 0.25) is 10.0 Å². The number of hydrogen-bond acceptors (Lipinski definition) is 5. The highest BCUT2D eigenvalue weighted by Gasteiger charge is 2.18. The molecule has 0 aliphatic carbocycles. The van der Waals surface area contributed by atoms with Crippen molar-refractivity contribution in [3.63, 3.8) is 0 Å². The van der Waals surface area contributed by atoms with Gasteiger partial charge in [-0.3, -0.25) is 0 Å². The summed E-state index contributed by atoms with van der Waals surface area (Å²) in [5.74, 6) is -1.16. The fourth-order valence-corrected chi connectivity index (χ4v) is 2.82. The van der Waals surface area contributed by atoms with E-state index in [1.807, 2.05) is 6.92 Å². The first kappa shape index (κ1) is 17.4. The van der Waals surface area contributed by atoms with Gasteiger partial charge in [0.25, 0.3) is 0 Å². The molecule has 0 spiro atoms. The van der Waals surface area contributed by atoms with E-state index in [0.29, 0.717) is 19.6 Å². The van der Waals surface area contributed by atoms with Crippen LogP contribution < -0.4 is 10.5 Å². The first-order valence-electron chi connectivity index (χ1n) is 6.58. The summed E-state index contributed by atoms with van der Waals surface area (Å²) >= 11 is 0. The highest BCUT2D eigenvalue weighted by molar-refractivity contribution is 7.89. The van der Waals surface area contributed by atoms with Gasteiger partial charge in [-0.2, -0.15) is 0 Å². The molecule has 4 N–H and O–H groups in total. The third-order valence-corrected chi connectivity index (χ3v) is 4.19. The molecule has 0 heterocycles. The number of hydrogen-bond donors (Lipinski definition) is 3. The van der Waals surface area contributed by atoms with Crippen LogP contribution in [0.4, 0.5) is 5.69 Å². The molecule has 0 saturated carbocycles. The number of sulfonamides is 1. The first-order chi connectivity index (χ1) is 9.88. The number of ether oxygens (including phenoxy) is 1. The van der Waals surface area contributed by atoms with E-state index in [4.69, 9.17) is 15.6 Å². The molecule has 0 aromatic heterocycles. The summed E-state index contributed by atoms with van der Waals surface area (Å²) in [6.45, 7) is 3.35. The summed E-state index contributed by atoms with van der Waals surface area (Å²) in [6.07, 6.45) is 1.46. The molecule has 0 aliphatic rings. The number of nitrogen functional groups attached to an aromatic ring is 1. The minimum Gasteiger partial charge on any atom is -0.478 e. The maximum Gasteiger partial charge on any atom is 0.335 e. The van der Waals surface area contributed by atoms with Crippen molar-refractivity contribution in [1.29, 1.82) is 0 Å². The topological polar surface area (TPSA) is 119 Å². The highest BCUT2D eigenvalue weighted by Crippen LogP contribution is 2.19. The second kappa shape index (κ2) is 7.96. The molecule has 0 atom stereocenters. The van der Waals surface area contributed by atoms with Crippen molar-refractivity contribution in [1.82, 2.24) is 4.72 Å². The lowest BCUT2D eigenvalue weighted by molar-refractivity contribution is 0.0697. The lowest BCUT2D eigenvalue weighted by atomic mass is 10.2. The van der Waals surface area contributed by atoms with Crippen molar-refractivity contribution in [3.8, 4) is 0 Å². The Hall–Kier alpha value is -1.64. The average molecular weight is 316 g/mol. The van der Waals surface area contributed by atoms with Gasteiger partial charge >= 0.3 is 5.97 Å². The van der Waals surface area contributed by atoms with Crippen LogP contribution in [0.3, 0.4) is 0 Å². The smallest absolute Gasteiger partial charge is 0.335 e. The first-order valence-corrected chi connectivity index (χ1v) is 8.07. The van der Waals surface area contributed by atoms with Crippen molar-refractivity contribution in [2.45, 2.75) is 24.7 Å². The summed E-state index contributed by atoms with van der Waals surface area (Å²) in [4.78, 5) is 10.7. The molecule has 8 heteroatoms. The number of carbonyl (C=O) groups is 1. The minimum atomic E-state index is -3.75. The lowest BCUT2D eigenvalue weighted by Crippen LogP contribution is -2.26. The molecule has 1 aromatic rings. The molecule has 0 aliphatic heterocycles. The SMILES string of the molecule is CCCOCCCNS(=O)(=O)c1ccc(C(=O)O)cc1N. The summed E-state index contributed by atoms with van der Waals surface area (Å²) < 4.78 is 31.7. The van der Waals surface area contributed by atoms with E-state index in [-0.39, 0.29) is 22.7 Å². The molecule has 0 radical (unpaired) electrons. The molecule has 21 heavy (non-hydrogen) atoms. The molecular formula is C13H20N2O5S. The van der Waals surface area contributed by atoms with E-state index in [9.17, 15) is 13.2 Å². The number of nitrogens with two attached hydrogens (primary N) is 1. The van der Waals surface area contributed by atoms with Crippen LogP contribution in [0, 0.1) is 0 Å². The van der Waals surface area contributed by atoms with E-state index in [0.717, 1.165) is 12.5 Å². The molecule has 0 unspecified atom stereocenters. The fraction of sp³-hybridized carbons (Fsp3) is 0.462. The van der Waals surface area contributed by atoms with Crippen molar-refractivity contribution < 1.29 is 23.1 Å². The maximum absolute atomic E-state index is 12.0. The average Bonchev–Trinajstić information content (AvgIpc) is 2.42. The quantitative estimate of drug-likeness (QED) is 0.463. The molecule has 0 saturated heterocycles. The van der Waals surface area contributed by atoms with Crippen molar-refractivity contribution in [2.75, 3.05) is 25.5 Å². The van der Waals surface area contributed by atoms with Crippen LogP contribution in [-0.4, -0.2) is 39.3 Å². The summed E-state index contributed by atoms with van der Waals surface area (Å²) in [7, 11) is -3.75. The molecule has 1 aromatic carbocycles. The Morgan fingerprint density at radius 3 is 2.67 bits per heavy atom. The van der Waals surface area contributed by atoms with E-state index in [1.54, 1.807) is 0 Å². The Kier molecular flexibility index (Phi) is 6.60. The van der Waals surface area contributed by atoms with E-state index in [1.165, 1.54) is 12.1 Å². The minimum absolute atomic E-state index is 0.0561. The monoisotopic (exact) mass is 316 g/mol. The van der Waals surface area contributed by atoms with E-state index >= 15 is 0 Å². The Bertz CT molecular complexity index is 586. The van der Waals surface area contributed by atoms with Crippen LogP contribution in [0.1, 0.15) is 30.1 Å². The number of nitrogens with one attached hydrogen (secondary N) is 1. The van der Waals surface area contributed by atoms with Crippen LogP contribution in [-0.2, 0) is 14.8 Å². The molecule has 0 fully saturated rings. The zero-order valence-electron chi connectivity index (χ0n) is 11.8. The Morgan fingerprint density at radius 1 is 1.38 bits per heavy atom. The van der Waals surface area contributed by atoms with Gasteiger partial charge in [-0.05, 0) is 31.0 Å². The van der Waals surface area contributed by atoms with E-state index in [2.05, 4.69) is 4.72 Å². The number of rotatable bonds is 9. The molecular weight excluding hydrogens is 296 g/mol. The van der Waals surface area contributed by atoms with Crippen molar-refractivity contribution >= 4 is 21.7 Å². The Labute approximate surface area is 124 Å². The van der Waals surface area contributed by atoms with Crippen LogP contribution in [0.25, 0.3) is 0 Å². The van der Waals surface area contributed by atoms with Gasteiger partial charge in [-0.25, -0.2) is 17.9 Å². The summed E-state index contributed by atoms with van der Waals surface area (Å²) in [6, 6.07) is 3.52. The maximum atomic E-state index is 12.0. The number of carboxylic acids is 1. The van der Waals surface area contributed by atoms with Crippen LogP contribution in [0.5, 0.6) is 0 Å². The zero-order valence-corrected chi connectivity index (χ0v) is 12.6. The van der Waals surface area contributed by atoms with Crippen LogP contribution in [0.2, 0.25) is 0 Å². The number of aromatic carboxylic acids is 1. The Morgan fingerprint density at radius 2 is 2.10 bits per heavy atom. The lowest BCUT2D eigenvalue weighted by Gasteiger charge is -2.09. The largest absolute Gasteiger partial charge is 0.478 e. The van der Waals surface area contributed by atoms with Crippen LogP contribution >= 0.6 is 0 Å². The summed E-state index contributed by atoms with van der Waals surface area (Å²) in [5, 5.41) is 8.81. The Balaban J connectivity index is 2.64. The molecule has 7 nitrogen and oxygen atoms in total. The number of carboxylic acid groups (broad SMARTS) is 1. The third kappa shape index (κ3) is 5.33. The van der Waals surface area contributed by atoms with E-state index < -0.39 is 16.0 Å². The van der Waals surface area contributed by atoms with Gasteiger partial charge in [0, 0.05) is 19.8 Å². The van der Waals surface area contributed by atoms with Gasteiger partial charge in [-0.1, -0.05) is 6.92 Å². The molecule has 1 rings (SSSR count). The second-order valence-electron chi connectivity index (χ2n) is 4.42. The second-order valence-corrected chi connectivity index (χ2v) is 6.16. The highest BCUT2D eigenvalue weighted by atomic mass is 32.2. The fourth-order valence-electron chi connectivity index (χ4n) is 1.63.